The highest BCUT2D eigenvalue weighted by molar-refractivity contribution is 7.09. The molecular weight excluding hydrogens is 194 g/mol. The molecule has 0 saturated heterocycles. The van der Waals surface area contributed by atoms with Gasteiger partial charge in [-0.3, -0.25) is 4.99 Å². The lowest BCUT2D eigenvalue weighted by Crippen LogP contribution is -2.22. The molecule has 14 heavy (non-hydrogen) atoms. The van der Waals surface area contributed by atoms with Crippen LogP contribution in [0.1, 0.15) is 31.5 Å². The lowest BCUT2D eigenvalue weighted by molar-refractivity contribution is 0.581. The summed E-state index contributed by atoms with van der Waals surface area (Å²) in [4.78, 5) is 8.71. The van der Waals surface area contributed by atoms with Crippen molar-refractivity contribution in [2.45, 2.75) is 39.7 Å². The normalized spacial score (nSPS) is 13.3. The van der Waals surface area contributed by atoms with E-state index in [1.54, 1.807) is 11.3 Å². The molecule has 0 aromatic carbocycles. The van der Waals surface area contributed by atoms with Gasteiger partial charge in [-0.2, -0.15) is 0 Å². The number of amidine groups is 1. The molecule has 3 nitrogen and oxygen atoms in total. The van der Waals surface area contributed by atoms with Crippen LogP contribution in [-0.4, -0.2) is 16.4 Å². The zero-order valence-corrected chi connectivity index (χ0v) is 9.98. The first-order chi connectivity index (χ1) is 6.37. The third kappa shape index (κ3) is 3.87. The number of hydrogen-bond acceptors (Lipinski definition) is 3. The molecular formula is C10H17N3S. The molecule has 0 amide bonds. The maximum absolute atomic E-state index is 5.82. The lowest BCUT2D eigenvalue weighted by Gasteiger charge is -2.12. The molecule has 78 valence electrons. The molecule has 1 aromatic heterocycles. The molecule has 0 spiro atoms. The summed E-state index contributed by atoms with van der Waals surface area (Å²) in [7, 11) is 0. The van der Waals surface area contributed by atoms with Gasteiger partial charge in [0, 0.05) is 11.1 Å². The fourth-order valence-corrected chi connectivity index (χ4v) is 1.90. The molecule has 0 saturated carbocycles. The Bertz CT molecular complexity index is 333. The highest BCUT2D eigenvalue weighted by Crippen LogP contribution is 2.11. The Labute approximate surface area is 89.1 Å². The highest BCUT2D eigenvalue weighted by atomic mass is 32.1. The van der Waals surface area contributed by atoms with Crippen molar-refractivity contribution in [3.8, 4) is 0 Å². The van der Waals surface area contributed by atoms with Crippen molar-refractivity contribution in [1.29, 1.82) is 0 Å². The quantitative estimate of drug-likeness (QED) is 0.602. The van der Waals surface area contributed by atoms with E-state index in [2.05, 4.69) is 9.98 Å². The molecule has 1 rings (SSSR count). The number of aromatic nitrogens is 1. The summed E-state index contributed by atoms with van der Waals surface area (Å²) < 4.78 is 0. The second kappa shape index (κ2) is 4.09. The number of hydrogen-bond donors (Lipinski definition) is 1. The van der Waals surface area contributed by atoms with Gasteiger partial charge in [0.2, 0.25) is 0 Å². The van der Waals surface area contributed by atoms with Gasteiger partial charge in [-0.05, 0) is 27.7 Å². The number of aryl methyl sites for hydroxylation is 1. The monoisotopic (exact) mass is 211 g/mol. The number of nitrogens with zero attached hydrogens (tertiary/aromatic N) is 2. The number of aliphatic imine (C=N–C) groups is 1. The van der Waals surface area contributed by atoms with Gasteiger partial charge in [0.25, 0.3) is 0 Å². The largest absolute Gasteiger partial charge is 0.387 e. The Morgan fingerprint density at radius 3 is 2.64 bits per heavy atom. The van der Waals surface area contributed by atoms with Crippen molar-refractivity contribution in [3.05, 3.63) is 16.1 Å². The summed E-state index contributed by atoms with van der Waals surface area (Å²) in [5, 5.41) is 3.06. The minimum atomic E-state index is -0.101. The molecule has 1 aromatic rings. The van der Waals surface area contributed by atoms with Gasteiger partial charge < -0.3 is 5.73 Å². The van der Waals surface area contributed by atoms with Gasteiger partial charge in [0.15, 0.2) is 0 Å². The summed E-state index contributed by atoms with van der Waals surface area (Å²) >= 11 is 1.63. The second-order valence-electron chi connectivity index (χ2n) is 4.33. The highest BCUT2D eigenvalue weighted by Gasteiger charge is 2.09. The van der Waals surface area contributed by atoms with Gasteiger partial charge in [-0.15, -0.1) is 11.3 Å². The Kier molecular flexibility index (Phi) is 3.26. The Hall–Kier alpha value is -0.900. The summed E-state index contributed by atoms with van der Waals surface area (Å²) in [6.07, 6.45) is 0.662. The van der Waals surface area contributed by atoms with Crippen molar-refractivity contribution in [1.82, 2.24) is 4.98 Å². The molecule has 0 unspecified atom stereocenters. The Morgan fingerprint density at radius 1 is 1.57 bits per heavy atom. The first kappa shape index (κ1) is 11.2. The van der Waals surface area contributed by atoms with Crippen molar-refractivity contribution in [2.75, 3.05) is 0 Å². The van der Waals surface area contributed by atoms with Crippen LogP contribution in [0, 0.1) is 6.92 Å². The van der Waals surface area contributed by atoms with E-state index < -0.39 is 0 Å². The fraction of sp³-hybridized carbons (Fsp3) is 0.600. The minimum Gasteiger partial charge on any atom is -0.387 e. The van der Waals surface area contributed by atoms with E-state index in [-0.39, 0.29) is 5.54 Å². The number of nitrogens with two attached hydrogens (primary N) is 1. The van der Waals surface area contributed by atoms with Gasteiger partial charge in [0.1, 0.15) is 10.8 Å². The van der Waals surface area contributed by atoms with E-state index in [1.165, 1.54) is 0 Å². The Balaban J connectivity index is 2.66. The van der Waals surface area contributed by atoms with Gasteiger partial charge in [0.05, 0.1) is 12.0 Å². The van der Waals surface area contributed by atoms with E-state index in [0.717, 1.165) is 10.7 Å². The minimum absolute atomic E-state index is 0.101. The van der Waals surface area contributed by atoms with Crippen LogP contribution >= 0.6 is 11.3 Å². The molecule has 0 fully saturated rings. The van der Waals surface area contributed by atoms with Gasteiger partial charge in [-0.1, -0.05) is 0 Å². The van der Waals surface area contributed by atoms with Crippen LogP contribution in [0.25, 0.3) is 0 Å². The van der Waals surface area contributed by atoms with Crippen LogP contribution in [0.15, 0.2) is 10.4 Å². The predicted molar refractivity (Wildman–Crippen MR) is 61.9 cm³/mol. The van der Waals surface area contributed by atoms with Crippen LogP contribution in [-0.2, 0) is 6.42 Å². The third-order valence-corrected chi connectivity index (χ3v) is 2.44. The van der Waals surface area contributed by atoms with E-state index in [9.17, 15) is 0 Å². The molecule has 0 aliphatic heterocycles. The lowest BCUT2D eigenvalue weighted by atomic mass is 10.1. The molecule has 0 atom stereocenters. The smallest absolute Gasteiger partial charge is 0.101 e. The van der Waals surface area contributed by atoms with Gasteiger partial charge >= 0.3 is 0 Å². The predicted octanol–water partition coefficient (Wildman–Crippen LogP) is 2.15. The number of rotatable bonds is 2. The summed E-state index contributed by atoms with van der Waals surface area (Å²) in [6, 6.07) is 0. The SMILES string of the molecule is Cc1csc(CC(N)=NC(C)(C)C)n1. The van der Waals surface area contributed by atoms with Crippen molar-refractivity contribution >= 4 is 17.2 Å². The number of thiazole rings is 1. The van der Waals surface area contributed by atoms with Crippen molar-refractivity contribution in [3.63, 3.8) is 0 Å². The topological polar surface area (TPSA) is 51.3 Å². The molecule has 0 aliphatic rings. The average Bonchev–Trinajstić information content (AvgIpc) is 2.30. The molecule has 4 heteroatoms. The zero-order chi connectivity index (χ0) is 10.8. The maximum atomic E-state index is 5.82. The average molecular weight is 211 g/mol. The summed E-state index contributed by atoms with van der Waals surface area (Å²) in [6.45, 7) is 8.09. The fourth-order valence-electron chi connectivity index (χ4n) is 1.11. The van der Waals surface area contributed by atoms with Crippen LogP contribution in [0.2, 0.25) is 0 Å². The van der Waals surface area contributed by atoms with E-state index in [0.29, 0.717) is 12.3 Å². The van der Waals surface area contributed by atoms with E-state index >= 15 is 0 Å². The van der Waals surface area contributed by atoms with Crippen LogP contribution in [0.3, 0.4) is 0 Å². The first-order valence-corrected chi connectivity index (χ1v) is 5.50. The summed E-state index contributed by atoms with van der Waals surface area (Å²) in [5.74, 6) is 0.659. The van der Waals surface area contributed by atoms with Crippen LogP contribution in [0.4, 0.5) is 0 Å². The van der Waals surface area contributed by atoms with E-state index in [1.807, 2.05) is 33.1 Å². The first-order valence-electron chi connectivity index (χ1n) is 4.62. The third-order valence-electron chi connectivity index (χ3n) is 1.48. The van der Waals surface area contributed by atoms with Crippen molar-refractivity contribution < 1.29 is 0 Å². The maximum Gasteiger partial charge on any atom is 0.101 e. The zero-order valence-electron chi connectivity index (χ0n) is 9.16. The summed E-state index contributed by atoms with van der Waals surface area (Å²) in [5.41, 5.74) is 6.77. The van der Waals surface area contributed by atoms with Gasteiger partial charge in [-0.25, -0.2) is 4.98 Å². The molecule has 1 heterocycles. The van der Waals surface area contributed by atoms with Crippen molar-refractivity contribution in [2.24, 2.45) is 10.7 Å². The second-order valence-corrected chi connectivity index (χ2v) is 5.28. The van der Waals surface area contributed by atoms with Crippen LogP contribution < -0.4 is 5.73 Å². The molecule has 2 N–H and O–H groups in total. The van der Waals surface area contributed by atoms with E-state index in [4.69, 9.17) is 5.73 Å². The molecule has 0 aliphatic carbocycles. The standard InChI is InChI=1S/C10H17N3S/c1-7-6-14-9(12-7)5-8(11)13-10(2,3)4/h6H,5H2,1-4H3,(H2,11,13). The Morgan fingerprint density at radius 2 is 2.21 bits per heavy atom. The molecule has 0 radical (unpaired) electrons. The van der Waals surface area contributed by atoms with Crippen LogP contribution in [0.5, 0.6) is 0 Å². The molecule has 0 bridgehead atoms.